The number of nitrogens with zero attached hydrogens (tertiary/aromatic N) is 1. The molecule has 0 aromatic heterocycles. The lowest BCUT2D eigenvalue weighted by molar-refractivity contribution is -0.134. The predicted molar refractivity (Wildman–Crippen MR) is 95.0 cm³/mol. The van der Waals surface area contributed by atoms with Crippen LogP contribution in [-0.2, 0) is 17.6 Å². The van der Waals surface area contributed by atoms with Gasteiger partial charge in [0.05, 0.1) is 0 Å². The van der Waals surface area contributed by atoms with Gasteiger partial charge in [-0.05, 0) is 62.1 Å². The average Bonchev–Trinajstić information content (AvgIpc) is 2.80. The van der Waals surface area contributed by atoms with Gasteiger partial charge in [0.15, 0.2) is 0 Å². The maximum atomic E-state index is 12.9. The number of hydrogen-bond acceptors (Lipinski definition) is 2. The maximum Gasteiger partial charge on any atom is 0.223 e. The molecule has 2 bridgehead atoms. The first-order valence-electron chi connectivity index (χ1n) is 8.90. The van der Waals surface area contributed by atoms with Gasteiger partial charge in [-0.25, -0.2) is 0 Å². The molecule has 1 amide bonds. The molecule has 0 saturated carbocycles. The third kappa shape index (κ3) is 3.41. The Bertz CT molecular complexity index is 548. The summed E-state index contributed by atoms with van der Waals surface area (Å²) < 4.78 is 0. The fourth-order valence-electron chi connectivity index (χ4n) is 4.69. The van der Waals surface area contributed by atoms with Gasteiger partial charge in [0, 0.05) is 25.0 Å². The molecule has 126 valence electrons. The first-order valence-corrected chi connectivity index (χ1v) is 8.90. The van der Waals surface area contributed by atoms with Crippen LogP contribution in [0.3, 0.4) is 0 Å². The van der Waals surface area contributed by atoms with Crippen LogP contribution in [0.5, 0.6) is 0 Å². The highest BCUT2D eigenvalue weighted by Crippen LogP contribution is 2.32. The summed E-state index contributed by atoms with van der Waals surface area (Å²) >= 11 is 0. The molecule has 2 saturated heterocycles. The number of hydrogen-bond donors (Lipinski definition) is 1. The van der Waals surface area contributed by atoms with Gasteiger partial charge >= 0.3 is 0 Å². The van der Waals surface area contributed by atoms with Gasteiger partial charge in [-0.3, -0.25) is 4.79 Å². The maximum absolute atomic E-state index is 12.9. The Hall–Kier alpha value is -1.06. The van der Waals surface area contributed by atoms with E-state index >= 15 is 0 Å². The van der Waals surface area contributed by atoms with Crippen molar-refractivity contribution in [2.75, 3.05) is 13.1 Å². The smallest absolute Gasteiger partial charge is 0.223 e. The highest BCUT2D eigenvalue weighted by molar-refractivity contribution is 5.85. The lowest BCUT2D eigenvalue weighted by atomic mass is 9.82. The van der Waals surface area contributed by atoms with Crippen LogP contribution < -0.4 is 5.32 Å². The number of benzene rings is 1. The zero-order chi connectivity index (χ0) is 14.9. The van der Waals surface area contributed by atoms with Gasteiger partial charge in [0.2, 0.25) is 5.91 Å². The number of carbonyl (C=O) groups is 1. The van der Waals surface area contributed by atoms with Crippen molar-refractivity contribution in [2.24, 2.45) is 5.92 Å². The highest BCUT2D eigenvalue weighted by atomic mass is 35.5. The normalized spacial score (nSPS) is 29.4. The van der Waals surface area contributed by atoms with E-state index in [4.69, 9.17) is 0 Å². The first kappa shape index (κ1) is 16.8. The van der Waals surface area contributed by atoms with Gasteiger partial charge in [-0.2, -0.15) is 0 Å². The Morgan fingerprint density at radius 3 is 2.74 bits per heavy atom. The molecule has 1 aromatic rings. The molecule has 1 aromatic carbocycles. The van der Waals surface area contributed by atoms with E-state index < -0.39 is 0 Å². The van der Waals surface area contributed by atoms with E-state index in [1.165, 1.54) is 30.4 Å². The Morgan fingerprint density at radius 2 is 1.87 bits per heavy atom. The molecular weight excluding hydrogens is 308 g/mol. The Morgan fingerprint density at radius 1 is 1.09 bits per heavy atom. The average molecular weight is 335 g/mol. The lowest BCUT2D eigenvalue weighted by Gasteiger charge is -2.31. The van der Waals surface area contributed by atoms with Crippen molar-refractivity contribution in [2.45, 2.75) is 57.0 Å². The molecule has 2 heterocycles. The van der Waals surface area contributed by atoms with E-state index in [0.717, 1.165) is 38.8 Å². The second kappa shape index (κ2) is 7.23. The van der Waals surface area contributed by atoms with Crippen LogP contribution in [0.25, 0.3) is 0 Å². The van der Waals surface area contributed by atoms with Crippen molar-refractivity contribution in [1.82, 2.24) is 10.2 Å². The summed E-state index contributed by atoms with van der Waals surface area (Å²) in [5.41, 5.74) is 2.96. The number of nitrogens with one attached hydrogen (secondary N) is 1. The van der Waals surface area contributed by atoms with Gasteiger partial charge in [-0.1, -0.05) is 24.3 Å². The number of halogens is 1. The largest absolute Gasteiger partial charge is 0.335 e. The Kier molecular flexibility index (Phi) is 5.27. The number of amides is 1. The Balaban J connectivity index is 0.00000156. The van der Waals surface area contributed by atoms with Crippen molar-refractivity contribution < 1.29 is 4.79 Å². The predicted octanol–water partition coefficient (Wildman–Crippen LogP) is 2.96. The van der Waals surface area contributed by atoms with Gasteiger partial charge in [0.1, 0.15) is 0 Å². The summed E-state index contributed by atoms with van der Waals surface area (Å²) in [4.78, 5) is 15.1. The molecule has 3 nitrogen and oxygen atoms in total. The monoisotopic (exact) mass is 334 g/mol. The zero-order valence-electron chi connectivity index (χ0n) is 13.7. The topological polar surface area (TPSA) is 32.3 Å². The summed E-state index contributed by atoms with van der Waals surface area (Å²) in [6.45, 7) is 2.07. The van der Waals surface area contributed by atoms with E-state index in [9.17, 15) is 4.79 Å². The summed E-state index contributed by atoms with van der Waals surface area (Å²) in [6, 6.07) is 9.70. The molecule has 23 heavy (non-hydrogen) atoms. The third-order valence-corrected chi connectivity index (χ3v) is 5.85. The van der Waals surface area contributed by atoms with Crippen molar-refractivity contribution in [1.29, 1.82) is 0 Å². The van der Waals surface area contributed by atoms with Gasteiger partial charge in [0.25, 0.3) is 0 Å². The summed E-state index contributed by atoms with van der Waals surface area (Å²) in [7, 11) is 0. The van der Waals surface area contributed by atoms with Crippen LogP contribution in [0.15, 0.2) is 24.3 Å². The lowest BCUT2D eigenvalue weighted by Crippen LogP contribution is -2.43. The van der Waals surface area contributed by atoms with E-state index in [2.05, 4.69) is 34.5 Å². The SMILES string of the molecule is Cl.O=C(CC1CCc2ccccc2C1)N1C2CCNCC1CC2. The summed E-state index contributed by atoms with van der Waals surface area (Å²) in [5, 5.41) is 3.49. The molecule has 3 unspecified atom stereocenters. The minimum Gasteiger partial charge on any atom is -0.335 e. The van der Waals surface area contributed by atoms with Crippen molar-refractivity contribution in [3.8, 4) is 0 Å². The second-order valence-electron chi connectivity index (χ2n) is 7.26. The van der Waals surface area contributed by atoms with Crippen molar-refractivity contribution in [3.63, 3.8) is 0 Å². The van der Waals surface area contributed by atoms with Crippen LogP contribution >= 0.6 is 12.4 Å². The van der Waals surface area contributed by atoms with Crippen molar-refractivity contribution >= 4 is 18.3 Å². The van der Waals surface area contributed by atoms with E-state index in [1.807, 2.05) is 0 Å². The van der Waals surface area contributed by atoms with E-state index in [1.54, 1.807) is 0 Å². The molecule has 2 aliphatic heterocycles. The second-order valence-corrected chi connectivity index (χ2v) is 7.26. The van der Waals surface area contributed by atoms with Crippen LogP contribution in [0.4, 0.5) is 0 Å². The first-order chi connectivity index (χ1) is 10.8. The molecule has 0 spiro atoms. The number of fused-ring (bicyclic) bond motifs is 3. The van der Waals surface area contributed by atoms with Gasteiger partial charge in [-0.15, -0.1) is 12.4 Å². The fraction of sp³-hybridized carbons (Fsp3) is 0.632. The summed E-state index contributed by atoms with van der Waals surface area (Å²) in [5.74, 6) is 0.957. The summed E-state index contributed by atoms with van der Waals surface area (Å²) in [6.07, 6.45) is 7.69. The van der Waals surface area contributed by atoms with Crippen LogP contribution in [0.1, 0.15) is 43.2 Å². The van der Waals surface area contributed by atoms with E-state index in [0.29, 0.717) is 23.9 Å². The number of aryl methyl sites for hydroxylation is 1. The molecule has 3 aliphatic rings. The number of carbonyl (C=O) groups excluding carboxylic acids is 1. The molecule has 0 radical (unpaired) electrons. The van der Waals surface area contributed by atoms with Gasteiger partial charge < -0.3 is 10.2 Å². The standard InChI is InChI=1S/C19H26N2O.ClH/c22-19(21-17-7-8-18(21)13-20-10-9-17)12-14-5-6-15-3-1-2-4-16(15)11-14;/h1-4,14,17-18,20H,5-13H2;1H. The molecule has 1 aliphatic carbocycles. The Labute approximate surface area is 145 Å². The van der Waals surface area contributed by atoms with Crippen LogP contribution in [0, 0.1) is 5.92 Å². The third-order valence-electron chi connectivity index (χ3n) is 5.85. The zero-order valence-corrected chi connectivity index (χ0v) is 14.5. The molecule has 4 heteroatoms. The highest BCUT2D eigenvalue weighted by Gasteiger charge is 2.38. The fourth-order valence-corrected chi connectivity index (χ4v) is 4.69. The van der Waals surface area contributed by atoms with Crippen LogP contribution in [0.2, 0.25) is 0 Å². The molecular formula is C19H27ClN2O. The number of rotatable bonds is 2. The molecule has 4 rings (SSSR count). The molecule has 1 N–H and O–H groups in total. The quantitative estimate of drug-likeness (QED) is 0.901. The molecule has 2 fully saturated rings. The van der Waals surface area contributed by atoms with Crippen LogP contribution in [-0.4, -0.2) is 36.0 Å². The van der Waals surface area contributed by atoms with Crippen molar-refractivity contribution in [3.05, 3.63) is 35.4 Å². The minimum atomic E-state index is 0. The molecule has 3 atom stereocenters. The van der Waals surface area contributed by atoms with E-state index in [-0.39, 0.29) is 12.4 Å². The minimum absolute atomic E-state index is 0.